The number of nitrogens with zero attached hydrogens (tertiary/aromatic N) is 4. The zero-order valence-electron chi connectivity index (χ0n) is 15.6. The Balaban J connectivity index is 1.38. The molecule has 0 radical (unpaired) electrons. The fraction of sp³-hybridized carbons (Fsp3) is 0.667. The van der Waals surface area contributed by atoms with Crippen LogP contribution in [-0.4, -0.2) is 51.7 Å². The normalized spacial score (nSPS) is 15.8. The van der Waals surface area contributed by atoms with Gasteiger partial charge in [0.15, 0.2) is 12.2 Å². The number of oxazole rings is 1. The number of amides is 1. The highest BCUT2D eigenvalue weighted by Gasteiger charge is 2.27. The topological polar surface area (TPSA) is 94.5 Å². The van der Waals surface area contributed by atoms with Crippen molar-refractivity contribution in [3.05, 3.63) is 29.6 Å². The molecule has 8 heteroatoms. The minimum absolute atomic E-state index is 0.0945. The van der Waals surface area contributed by atoms with Crippen molar-refractivity contribution in [2.75, 3.05) is 19.7 Å². The first-order chi connectivity index (χ1) is 12.5. The van der Waals surface area contributed by atoms with Crippen molar-refractivity contribution < 1.29 is 18.5 Å². The van der Waals surface area contributed by atoms with Crippen molar-refractivity contribution in [3.63, 3.8) is 0 Å². The SMILES string of the molecule is Cc1ncoc1C(=O)N1CCC(OCCc2noc(CC(C)C)n2)CC1. The molecule has 0 N–H and O–H groups in total. The second kappa shape index (κ2) is 8.44. The highest BCUT2D eigenvalue weighted by molar-refractivity contribution is 5.92. The number of piperidine rings is 1. The first-order valence-corrected chi connectivity index (χ1v) is 9.15. The number of likely N-dealkylation sites (tertiary alicyclic amines) is 1. The van der Waals surface area contributed by atoms with Gasteiger partial charge in [-0.15, -0.1) is 0 Å². The minimum Gasteiger partial charge on any atom is -0.438 e. The molecular weight excluding hydrogens is 336 g/mol. The summed E-state index contributed by atoms with van der Waals surface area (Å²) in [7, 11) is 0. The van der Waals surface area contributed by atoms with Crippen LogP contribution in [0.2, 0.25) is 0 Å². The van der Waals surface area contributed by atoms with E-state index in [1.54, 1.807) is 11.8 Å². The van der Waals surface area contributed by atoms with Crippen LogP contribution in [0.1, 0.15) is 54.7 Å². The van der Waals surface area contributed by atoms with Gasteiger partial charge in [0.25, 0.3) is 5.91 Å². The first kappa shape index (κ1) is 18.6. The smallest absolute Gasteiger partial charge is 0.291 e. The Morgan fingerprint density at radius 1 is 1.38 bits per heavy atom. The largest absolute Gasteiger partial charge is 0.438 e. The van der Waals surface area contributed by atoms with E-state index in [1.807, 2.05) is 0 Å². The van der Waals surface area contributed by atoms with Crippen LogP contribution in [0.5, 0.6) is 0 Å². The van der Waals surface area contributed by atoms with Gasteiger partial charge < -0.3 is 18.6 Å². The molecule has 26 heavy (non-hydrogen) atoms. The zero-order valence-corrected chi connectivity index (χ0v) is 15.6. The van der Waals surface area contributed by atoms with Crippen LogP contribution in [0, 0.1) is 12.8 Å². The van der Waals surface area contributed by atoms with Gasteiger partial charge in [-0.25, -0.2) is 4.98 Å². The van der Waals surface area contributed by atoms with Crippen LogP contribution >= 0.6 is 0 Å². The molecule has 1 aliphatic heterocycles. The van der Waals surface area contributed by atoms with Gasteiger partial charge in [-0.2, -0.15) is 4.98 Å². The highest BCUT2D eigenvalue weighted by Crippen LogP contribution is 2.18. The van der Waals surface area contributed by atoms with E-state index in [0.717, 1.165) is 19.3 Å². The molecule has 0 aromatic carbocycles. The molecule has 0 unspecified atom stereocenters. The second-order valence-electron chi connectivity index (χ2n) is 7.08. The Morgan fingerprint density at radius 2 is 2.15 bits per heavy atom. The minimum atomic E-state index is -0.0945. The molecule has 1 fully saturated rings. The van der Waals surface area contributed by atoms with Crippen molar-refractivity contribution in [1.82, 2.24) is 20.0 Å². The molecule has 3 heterocycles. The van der Waals surface area contributed by atoms with E-state index < -0.39 is 0 Å². The number of hydrogen-bond acceptors (Lipinski definition) is 7. The van der Waals surface area contributed by atoms with Crippen molar-refractivity contribution >= 4 is 5.91 Å². The lowest BCUT2D eigenvalue weighted by Crippen LogP contribution is -2.41. The predicted octanol–water partition coefficient (Wildman–Crippen LogP) is 2.43. The average molecular weight is 362 g/mol. The Bertz CT molecular complexity index is 716. The number of carbonyl (C=O) groups is 1. The summed E-state index contributed by atoms with van der Waals surface area (Å²) in [5.74, 6) is 2.10. The lowest BCUT2D eigenvalue weighted by Gasteiger charge is -2.31. The lowest BCUT2D eigenvalue weighted by molar-refractivity contribution is 0.00862. The van der Waals surface area contributed by atoms with Crippen molar-refractivity contribution in [3.8, 4) is 0 Å². The fourth-order valence-electron chi connectivity index (χ4n) is 3.02. The lowest BCUT2D eigenvalue weighted by atomic mass is 10.1. The summed E-state index contributed by atoms with van der Waals surface area (Å²) < 4.78 is 16.3. The fourth-order valence-corrected chi connectivity index (χ4v) is 3.02. The predicted molar refractivity (Wildman–Crippen MR) is 92.7 cm³/mol. The van der Waals surface area contributed by atoms with Crippen molar-refractivity contribution in [1.29, 1.82) is 0 Å². The third-order valence-corrected chi connectivity index (χ3v) is 4.44. The van der Waals surface area contributed by atoms with Gasteiger partial charge in [0.1, 0.15) is 0 Å². The van der Waals surface area contributed by atoms with E-state index in [1.165, 1.54) is 6.39 Å². The van der Waals surface area contributed by atoms with Crippen LogP contribution in [0.15, 0.2) is 15.3 Å². The highest BCUT2D eigenvalue weighted by atomic mass is 16.5. The maximum atomic E-state index is 12.4. The number of hydrogen-bond donors (Lipinski definition) is 0. The van der Waals surface area contributed by atoms with Crippen LogP contribution < -0.4 is 0 Å². The first-order valence-electron chi connectivity index (χ1n) is 9.15. The summed E-state index contributed by atoms with van der Waals surface area (Å²) in [5.41, 5.74) is 0.630. The molecule has 2 aromatic heterocycles. The van der Waals surface area contributed by atoms with Crippen LogP contribution in [0.3, 0.4) is 0 Å². The summed E-state index contributed by atoms with van der Waals surface area (Å²) in [5, 5.41) is 3.99. The van der Waals surface area contributed by atoms with Gasteiger partial charge in [-0.3, -0.25) is 4.79 Å². The van der Waals surface area contributed by atoms with Gasteiger partial charge in [0.05, 0.1) is 18.4 Å². The molecule has 2 aromatic rings. The standard InChI is InChI=1S/C18H26N4O4/c1-12(2)10-16-20-15(21-26-16)6-9-24-14-4-7-22(8-5-14)18(23)17-13(3)19-11-25-17/h11-12,14H,4-10H2,1-3H3. The molecule has 1 amide bonds. The van der Waals surface area contributed by atoms with Crippen molar-refractivity contribution in [2.45, 2.75) is 52.6 Å². The molecule has 8 nitrogen and oxygen atoms in total. The van der Waals surface area contributed by atoms with E-state index in [0.29, 0.717) is 55.2 Å². The number of ether oxygens (including phenoxy) is 1. The molecule has 3 rings (SSSR count). The monoisotopic (exact) mass is 362 g/mol. The van der Waals surface area contributed by atoms with E-state index in [4.69, 9.17) is 13.7 Å². The average Bonchev–Trinajstić information content (AvgIpc) is 3.23. The molecule has 0 spiro atoms. The number of rotatable bonds is 7. The molecule has 0 aliphatic carbocycles. The third kappa shape index (κ3) is 4.69. The summed E-state index contributed by atoms with van der Waals surface area (Å²) in [6, 6.07) is 0. The van der Waals surface area contributed by atoms with Crippen molar-refractivity contribution in [2.24, 2.45) is 5.92 Å². The Morgan fingerprint density at radius 3 is 2.81 bits per heavy atom. The molecule has 142 valence electrons. The van der Waals surface area contributed by atoms with Crippen LogP contribution in [0.25, 0.3) is 0 Å². The number of aryl methyl sites for hydroxylation is 1. The van der Waals surface area contributed by atoms with Gasteiger partial charge >= 0.3 is 0 Å². The molecular formula is C18H26N4O4. The number of aromatic nitrogens is 3. The summed E-state index contributed by atoms with van der Waals surface area (Å²) >= 11 is 0. The zero-order chi connectivity index (χ0) is 18.5. The molecule has 0 saturated carbocycles. The number of carbonyl (C=O) groups excluding carboxylic acids is 1. The third-order valence-electron chi connectivity index (χ3n) is 4.44. The second-order valence-corrected chi connectivity index (χ2v) is 7.08. The van der Waals surface area contributed by atoms with Gasteiger partial charge in [-0.05, 0) is 25.7 Å². The maximum absolute atomic E-state index is 12.4. The van der Waals surface area contributed by atoms with E-state index >= 15 is 0 Å². The van der Waals surface area contributed by atoms with E-state index in [9.17, 15) is 4.79 Å². The van der Waals surface area contributed by atoms with Crippen LogP contribution in [-0.2, 0) is 17.6 Å². The Hall–Kier alpha value is -2.22. The molecule has 1 aliphatic rings. The van der Waals surface area contributed by atoms with Gasteiger partial charge in [-0.1, -0.05) is 19.0 Å². The summed E-state index contributed by atoms with van der Waals surface area (Å²) in [6.45, 7) is 7.88. The van der Waals surface area contributed by atoms with Gasteiger partial charge in [0, 0.05) is 25.9 Å². The summed E-state index contributed by atoms with van der Waals surface area (Å²) in [4.78, 5) is 22.5. The Labute approximate surface area is 152 Å². The maximum Gasteiger partial charge on any atom is 0.291 e. The molecule has 1 saturated heterocycles. The summed E-state index contributed by atoms with van der Waals surface area (Å²) in [6.07, 6.45) is 4.51. The quantitative estimate of drug-likeness (QED) is 0.746. The van der Waals surface area contributed by atoms with Gasteiger partial charge in [0.2, 0.25) is 11.7 Å². The van der Waals surface area contributed by atoms with E-state index in [-0.39, 0.29) is 12.0 Å². The molecule has 0 atom stereocenters. The van der Waals surface area contributed by atoms with E-state index in [2.05, 4.69) is 29.0 Å². The van der Waals surface area contributed by atoms with Crippen LogP contribution in [0.4, 0.5) is 0 Å². The Kier molecular flexibility index (Phi) is 6.03. The molecule has 0 bridgehead atoms.